The molecule has 0 aromatic heterocycles. The van der Waals surface area contributed by atoms with Crippen molar-refractivity contribution in [2.75, 3.05) is 0 Å². The lowest BCUT2D eigenvalue weighted by Gasteiger charge is -2.01. The van der Waals surface area contributed by atoms with Crippen LogP contribution in [0.3, 0.4) is 0 Å². The maximum atomic E-state index is 11.3. The third kappa shape index (κ3) is 0.953. The molecule has 0 spiro atoms. The summed E-state index contributed by atoms with van der Waals surface area (Å²) in [5.74, 6) is 1.37. The van der Waals surface area contributed by atoms with Crippen LogP contribution in [0.25, 0.3) is 6.08 Å². The van der Waals surface area contributed by atoms with Crippen LogP contribution in [0.5, 0.6) is 0 Å². The average molecular weight is 166 g/mol. The van der Waals surface area contributed by atoms with Gasteiger partial charge in [0.25, 0.3) is 7.37 Å². The summed E-state index contributed by atoms with van der Waals surface area (Å²) in [6.45, 7) is 0. The van der Waals surface area contributed by atoms with E-state index in [1.807, 2.05) is 12.1 Å². The monoisotopic (exact) mass is 166 g/mol. The lowest BCUT2D eigenvalue weighted by molar-refractivity contribution is 0.501. The van der Waals surface area contributed by atoms with E-state index in [0.717, 1.165) is 5.56 Å². The molecule has 0 aliphatic carbocycles. The molecule has 0 amide bonds. The minimum atomic E-state index is -3.11. The van der Waals surface area contributed by atoms with Crippen molar-refractivity contribution in [1.82, 2.24) is 0 Å². The smallest absolute Gasteiger partial charge is 0.252 e. The van der Waals surface area contributed by atoms with Crippen LogP contribution < -0.4 is 5.30 Å². The van der Waals surface area contributed by atoms with Crippen molar-refractivity contribution in [1.29, 1.82) is 0 Å². The second-order valence-electron chi connectivity index (χ2n) is 2.50. The Bertz CT molecular complexity index is 368. The highest BCUT2D eigenvalue weighted by atomic mass is 31.2. The van der Waals surface area contributed by atoms with Gasteiger partial charge < -0.3 is 4.89 Å². The molecule has 0 saturated heterocycles. The fourth-order valence-electron chi connectivity index (χ4n) is 1.18. The van der Waals surface area contributed by atoms with Crippen LogP contribution in [0, 0.1) is 0 Å². The molecule has 1 aromatic carbocycles. The van der Waals surface area contributed by atoms with Crippen molar-refractivity contribution in [3.63, 3.8) is 0 Å². The highest BCUT2D eigenvalue weighted by Crippen LogP contribution is 2.46. The van der Waals surface area contributed by atoms with Gasteiger partial charge in [0.15, 0.2) is 0 Å². The molecule has 0 saturated carbocycles. The Morgan fingerprint density at radius 3 is 2.73 bits per heavy atom. The molecule has 1 atom stereocenters. The molecule has 1 heterocycles. The fourth-order valence-corrected chi connectivity index (χ4v) is 2.52. The molecule has 2 nitrogen and oxygen atoms in total. The normalized spacial score (nSPS) is 27.0. The van der Waals surface area contributed by atoms with Gasteiger partial charge in [-0.25, -0.2) is 0 Å². The Labute approximate surface area is 64.6 Å². The predicted octanol–water partition coefficient (Wildman–Crippen LogP) is 1.57. The van der Waals surface area contributed by atoms with Crippen LogP contribution in [0.1, 0.15) is 5.56 Å². The zero-order valence-corrected chi connectivity index (χ0v) is 6.66. The van der Waals surface area contributed by atoms with E-state index in [1.165, 1.54) is 5.82 Å². The summed E-state index contributed by atoms with van der Waals surface area (Å²) >= 11 is 0. The molecule has 1 aliphatic heterocycles. The Kier molecular flexibility index (Phi) is 1.28. The van der Waals surface area contributed by atoms with Gasteiger partial charge in [-0.3, -0.25) is 4.57 Å². The number of fused-ring (bicyclic) bond motifs is 1. The maximum absolute atomic E-state index is 11.3. The maximum Gasteiger partial charge on any atom is 0.252 e. The quantitative estimate of drug-likeness (QED) is 0.594. The van der Waals surface area contributed by atoms with Crippen molar-refractivity contribution < 1.29 is 9.46 Å². The van der Waals surface area contributed by atoms with E-state index in [4.69, 9.17) is 0 Å². The summed E-state index contributed by atoms with van der Waals surface area (Å²) in [5, 5.41) is 0.556. The molecule has 0 fully saturated rings. The van der Waals surface area contributed by atoms with E-state index >= 15 is 0 Å². The Morgan fingerprint density at radius 2 is 2.00 bits per heavy atom. The van der Waals surface area contributed by atoms with Crippen molar-refractivity contribution in [3.05, 3.63) is 35.6 Å². The predicted molar refractivity (Wildman–Crippen MR) is 44.9 cm³/mol. The van der Waals surface area contributed by atoms with Crippen LogP contribution >= 0.6 is 7.37 Å². The van der Waals surface area contributed by atoms with E-state index in [0.29, 0.717) is 5.30 Å². The molecular formula is C8H7O2P. The third-order valence-corrected chi connectivity index (χ3v) is 3.39. The number of rotatable bonds is 0. The summed E-state index contributed by atoms with van der Waals surface area (Å²) in [6.07, 6.45) is 1.69. The molecule has 56 valence electrons. The van der Waals surface area contributed by atoms with Crippen LogP contribution in [-0.2, 0) is 4.57 Å². The van der Waals surface area contributed by atoms with Crippen molar-refractivity contribution in [3.8, 4) is 0 Å². The molecule has 0 bridgehead atoms. The Morgan fingerprint density at radius 1 is 1.27 bits per heavy atom. The van der Waals surface area contributed by atoms with Gasteiger partial charge in [-0.05, 0) is 17.7 Å². The van der Waals surface area contributed by atoms with E-state index in [-0.39, 0.29) is 0 Å². The lowest BCUT2D eigenvalue weighted by atomic mass is 10.2. The molecule has 11 heavy (non-hydrogen) atoms. The molecule has 2 rings (SSSR count). The first-order chi connectivity index (χ1) is 5.20. The summed E-state index contributed by atoms with van der Waals surface area (Å²) in [5.41, 5.74) is 0.860. The first-order valence-electron chi connectivity index (χ1n) is 3.31. The standard InChI is InChI=1S/C8H7O2P/c9-11(10)6-5-7-3-1-2-4-8(7)11/h1-6H,(H,9,10). The summed E-state index contributed by atoms with van der Waals surface area (Å²) in [6, 6.07) is 7.15. The average Bonchev–Trinajstić information content (AvgIpc) is 2.29. The number of hydrogen-bond acceptors (Lipinski definition) is 1. The summed E-state index contributed by atoms with van der Waals surface area (Å²) in [4.78, 5) is 9.32. The molecule has 1 N–H and O–H groups in total. The SMILES string of the molecule is O=P1(O)C=Cc2ccccc21. The third-order valence-electron chi connectivity index (χ3n) is 1.74. The van der Waals surface area contributed by atoms with E-state index in [1.54, 1.807) is 18.2 Å². The van der Waals surface area contributed by atoms with Crippen LogP contribution in [0.4, 0.5) is 0 Å². The second-order valence-corrected chi connectivity index (χ2v) is 4.52. The van der Waals surface area contributed by atoms with Gasteiger partial charge in [-0.2, -0.15) is 0 Å². The van der Waals surface area contributed by atoms with E-state index in [9.17, 15) is 9.46 Å². The molecule has 1 aromatic rings. The molecular weight excluding hydrogens is 159 g/mol. The van der Waals surface area contributed by atoms with Gasteiger partial charge in [0.1, 0.15) is 0 Å². The molecule has 1 unspecified atom stereocenters. The highest BCUT2D eigenvalue weighted by molar-refractivity contribution is 7.70. The topological polar surface area (TPSA) is 37.3 Å². The molecule has 1 aliphatic rings. The number of benzene rings is 1. The fraction of sp³-hybridized carbons (Fsp3) is 0. The molecule has 0 radical (unpaired) electrons. The minimum absolute atomic E-state index is 0.556. The van der Waals surface area contributed by atoms with Crippen molar-refractivity contribution >= 4 is 18.7 Å². The first-order valence-corrected chi connectivity index (χ1v) is 5.04. The largest absolute Gasteiger partial charge is 0.338 e. The molecule has 3 heteroatoms. The van der Waals surface area contributed by atoms with Gasteiger partial charge >= 0.3 is 0 Å². The zero-order chi connectivity index (χ0) is 7.90. The first kappa shape index (κ1) is 6.84. The van der Waals surface area contributed by atoms with E-state index < -0.39 is 7.37 Å². The van der Waals surface area contributed by atoms with Gasteiger partial charge in [0.2, 0.25) is 0 Å². The summed E-state index contributed by atoms with van der Waals surface area (Å²) in [7, 11) is -3.11. The minimum Gasteiger partial charge on any atom is -0.338 e. The van der Waals surface area contributed by atoms with Crippen molar-refractivity contribution in [2.45, 2.75) is 0 Å². The Balaban J connectivity index is 2.73. The van der Waals surface area contributed by atoms with Crippen LogP contribution in [0.15, 0.2) is 30.1 Å². The lowest BCUT2D eigenvalue weighted by Crippen LogP contribution is -2.01. The zero-order valence-electron chi connectivity index (χ0n) is 5.77. The number of hydrogen-bond donors (Lipinski definition) is 1. The van der Waals surface area contributed by atoms with E-state index in [2.05, 4.69) is 0 Å². The van der Waals surface area contributed by atoms with Crippen LogP contribution in [0.2, 0.25) is 0 Å². The van der Waals surface area contributed by atoms with Crippen LogP contribution in [-0.4, -0.2) is 4.89 Å². The van der Waals surface area contributed by atoms with Gasteiger partial charge in [0.05, 0.1) is 0 Å². The Hall–Kier alpha value is -0.850. The highest BCUT2D eigenvalue weighted by Gasteiger charge is 2.24. The van der Waals surface area contributed by atoms with Gasteiger partial charge in [0, 0.05) is 11.1 Å². The van der Waals surface area contributed by atoms with Gasteiger partial charge in [-0.15, -0.1) is 0 Å². The van der Waals surface area contributed by atoms with Crippen molar-refractivity contribution in [2.24, 2.45) is 0 Å². The second kappa shape index (κ2) is 2.07. The van der Waals surface area contributed by atoms with Gasteiger partial charge in [-0.1, -0.05) is 18.2 Å². The summed E-state index contributed by atoms with van der Waals surface area (Å²) < 4.78 is 11.3.